The van der Waals surface area contributed by atoms with Crippen LogP contribution in [0.15, 0.2) is 27.4 Å². The number of carbonyl (C=O) groups excluding carboxylic acids is 1. The third-order valence-electron chi connectivity index (χ3n) is 9.03. The lowest BCUT2D eigenvalue weighted by Crippen LogP contribution is -2.49. The fraction of sp³-hybridized carbons (Fsp3) is 0.739. The first-order chi connectivity index (χ1) is 14.6. The summed E-state index contributed by atoms with van der Waals surface area (Å²) in [5, 5.41) is 23.3. The summed E-state index contributed by atoms with van der Waals surface area (Å²) in [5.74, 6) is -0.0505. The molecule has 5 saturated carbocycles. The molecule has 1 heterocycles. The van der Waals surface area contributed by atoms with Gasteiger partial charge in [-0.05, 0) is 74.7 Å². The molecule has 168 valence electrons. The van der Waals surface area contributed by atoms with E-state index >= 15 is 0 Å². The summed E-state index contributed by atoms with van der Waals surface area (Å²) in [7, 11) is 0. The molecule has 0 saturated heterocycles. The highest BCUT2D eigenvalue weighted by molar-refractivity contribution is 6.14. The van der Waals surface area contributed by atoms with Gasteiger partial charge in [0.05, 0.1) is 28.5 Å². The van der Waals surface area contributed by atoms with Crippen LogP contribution in [-0.4, -0.2) is 46.3 Å². The zero-order valence-corrected chi connectivity index (χ0v) is 17.2. The van der Waals surface area contributed by atoms with E-state index in [-0.39, 0.29) is 29.9 Å². The summed E-state index contributed by atoms with van der Waals surface area (Å²) in [5.41, 5.74) is -0.866. The number of aliphatic imine (C=N–C) groups is 1. The van der Waals surface area contributed by atoms with Crippen LogP contribution in [-0.2, 0) is 4.79 Å². The first-order valence-electron chi connectivity index (χ1n) is 11.4. The molecule has 5 nitrogen and oxygen atoms in total. The molecule has 3 unspecified atom stereocenters. The Labute approximate surface area is 178 Å². The molecule has 8 heteroatoms. The molecule has 31 heavy (non-hydrogen) atoms. The van der Waals surface area contributed by atoms with Gasteiger partial charge in [-0.25, -0.2) is 0 Å². The van der Waals surface area contributed by atoms with Crippen LogP contribution in [0.2, 0.25) is 0 Å². The van der Waals surface area contributed by atoms with E-state index in [1.165, 1.54) is 0 Å². The van der Waals surface area contributed by atoms with Crippen LogP contribution in [0.25, 0.3) is 0 Å². The monoisotopic (exact) mass is 436 g/mol. The predicted octanol–water partition coefficient (Wildman–Crippen LogP) is 3.17. The van der Waals surface area contributed by atoms with Crippen molar-refractivity contribution in [3.63, 3.8) is 0 Å². The van der Waals surface area contributed by atoms with Gasteiger partial charge in [-0.3, -0.25) is 9.79 Å². The van der Waals surface area contributed by atoms with Gasteiger partial charge in [0.1, 0.15) is 0 Å². The van der Waals surface area contributed by atoms with Gasteiger partial charge < -0.3 is 15.5 Å². The summed E-state index contributed by atoms with van der Waals surface area (Å²) in [6, 6.07) is -0.167. The average Bonchev–Trinajstić information content (AvgIpc) is 3.19. The van der Waals surface area contributed by atoms with Gasteiger partial charge in [0, 0.05) is 24.1 Å². The number of hydrogen-bond donors (Lipinski definition) is 3. The molecule has 5 atom stereocenters. The van der Waals surface area contributed by atoms with Gasteiger partial charge in [0.15, 0.2) is 0 Å². The largest absolute Gasteiger partial charge is 0.413 e. The van der Waals surface area contributed by atoms with Crippen LogP contribution in [0.3, 0.4) is 0 Å². The summed E-state index contributed by atoms with van der Waals surface area (Å²) >= 11 is 0. The fourth-order valence-electron chi connectivity index (χ4n) is 7.63. The van der Waals surface area contributed by atoms with Crippen LogP contribution >= 0.6 is 0 Å². The zero-order chi connectivity index (χ0) is 21.8. The molecular weight excluding hydrogens is 409 g/mol. The maximum absolute atomic E-state index is 14.0. The Morgan fingerprint density at radius 3 is 2.55 bits per heavy atom. The Hall–Kier alpha value is -1.67. The molecule has 0 aromatic rings. The number of halogens is 3. The Morgan fingerprint density at radius 2 is 1.87 bits per heavy atom. The van der Waals surface area contributed by atoms with E-state index < -0.39 is 34.8 Å². The molecule has 5 fully saturated rings. The Morgan fingerprint density at radius 1 is 1.16 bits per heavy atom. The predicted molar refractivity (Wildman–Crippen MR) is 106 cm³/mol. The molecular formula is C23H27F3N2O3. The summed E-state index contributed by atoms with van der Waals surface area (Å²) in [6.45, 7) is 0. The minimum absolute atomic E-state index is 0.137. The summed E-state index contributed by atoms with van der Waals surface area (Å²) < 4.78 is 42.0. The molecule has 0 aromatic carbocycles. The van der Waals surface area contributed by atoms with E-state index in [2.05, 4.69) is 10.3 Å². The van der Waals surface area contributed by atoms with Gasteiger partial charge in [0.2, 0.25) is 0 Å². The summed E-state index contributed by atoms with van der Waals surface area (Å²) in [4.78, 5) is 17.4. The minimum atomic E-state index is -4.61. The highest BCUT2D eigenvalue weighted by Gasteiger charge is 2.61. The number of hydrogen-bond acceptors (Lipinski definition) is 4. The number of rotatable bonds is 2. The quantitative estimate of drug-likeness (QED) is 0.622. The third kappa shape index (κ3) is 2.90. The first-order valence-corrected chi connectivity index (χ1v) is 11.4. The smallest absolute Gasteiger partial charge is 0.393 e. The van der Waals surface area contributed by atoms with Crippen molar-refractivity contribution in [2.75, 3.05) is 0 Å². The van der Waals surface area contributed by atoms with Crippen LogP contribution in [0.5, 0.6) is 0 Å². The summed E-state index contributed by atoms with van der Waals surface area (Å²) in [6.07, 6.45) is 1.13. The van der Waals surface area contributed by atoms with Crippen molar-refractivity contribution >= 4 is 12.1 Å². The van der Waals surface area contributed by atoms with E-state index in [1.807, 2.05) is 0 Å². The van der Waals surface area contributed by atoms with Crippen LogP contribution < -0.4 is 5.32 Å². The van der Waals surface area contributed by atoms with Crippen molar-refractivity contribution in [1.82, 2.24) is 5.32 Å². The molecule has 1 amide bonds. The number of amides is 1. The van der Waals surface area contributed by atoms with E-state index in [1.54, 1.807) is 0 Å². The SMILES string of the molecule is O=C(N[C@H]1C2CC3C[C@@](O)(C2)CC31)C1=C(C(F)(F)F)CC2=C(N=C1)C21CCC(O)CC1. The second kappa shape index (κ2) is 6.22. The van der Waals surface area contributed by atoms with Crippen molar-refractivity contribution in [2.45, 2.75) is 81.7 Å². The highest BCUT2D eigenvalue weighted by Crippen LogP contribution is 2.65. The van der Waals surface area contributed by atoms with Gasteiger partial charge in [-0.1, -0.05) is 0 Å². The van der Waals surface area contributed by atoms with Gasteiger partial charge >= 0.3 is 6.18 Å². The molecule has 1 aliphatic heterocycles. The Kier molecular flexibility index (Phi) is 4.01. The minimum Gasteiger partial charge on any atom is -0.393 e. The molecule has 1 spiro atoms. The van der Waals surface area contributed by atoms with Gasteiger partial charge in [0.25, 0.3) is 5.91 Å². The van der Waals surface area contributed by atoms with Crippen molar-refractivity contribution in [2.24, 2.45) is 28.2 Å². The van der Waals surface area contributed by atoms with Crippen LogP contribution in [0.4, 0.5) is 13.2 Å². The maximum Gasteiger partial charge on any atom is 0.413 e. The maximum atomic E-state index is 14.0. The first kappa shape index (κ1) is 20.0. The molecule has 7 aliphatic rings. The van der Waals surface area contributed by atoms with E-state index in [4.69, 9.17) is 0 Å². The number of aliphatic hydroxyl groups is 2. The number of allylic oxidation sites excluding steroid dienone is 3. The highest BCUT2D eigenvalue weighted by atomic mass is 19.4. The molecule has 0 radical (unpaired) electrons. The standard InChI is InChI=1S/C23H27F3N2O3/c24-23(25,26)16-6-17-19(22(17)3-1-13(29)2-4-22)27-10-15(16)20(30)28-18-12-5-11-7-21(31,8-12)9-14(11)18/h10-14,18,29,31H,1-9H2,(H,28,30)/t11?,12?,13?,14?,18-,21+,22?/m0/s1. The molecule has 6 aliphatic carbocycles. The van der Waals surface area contributed by atoms with E-state index in [0.29, 0.717) is 55.7 Å². The average molecular weight is 436 g/mol. The Bertz CT molecular complexity index is 940. The van der Waals surface area contributed by atoms with E-state index in [0.717, 1.165) is 19.1 Å². The molecule has 0 aromatic heterocycles. The lowest BCUT2D eigenvalue weighted by molar-refractivity contribution is -0.120. The third-order valence-corrected chi connectivity index (χ3v) is 9.03. The number of fused-ring (bicyclic) bond motifs is 2. The number of aliphatic hydroxyl groups excluding tert-OH is 1. The number of nitrogens with zero attached hydrogens (tertiary/aromatic N) is 1. The lowest BCUT2D eigenvalue weighted by Gasteiger charge is -2.38. The van der Waals surface area contributed by atoms with Gasteiger partial charge in [-0.2, -0.15) is 13.2 Å². The lowest BCUT2D eigenvalue weighted by atomic mass is 9.76. The topological polar surface area (TPSA) is 81.9 Å². The number of carbonyl (C=O) groups is 1. The molecule has 4 bridgehead atoms. The van der Waals surface area contributed by atoms with Crippen LogP contribution in [0.1, 0.15) is 57.8 Å². The van der Waals surface area contributed by atoms with Gasteiger partial charge in [-0.15, -0.1) is 0 Å². The number of nitrogens with one attached hydrogen (secondary N) is 1. The zero-order valence-electron chi connectivity index (χ0n) is 17.2. The Balaban J connectivity index is 1.24. The molecule has 7 rings (SSSR count). The van der Waals surface area contributed by atoms with Crippen LogP contribution in [0, 0.1) is 23.2 Å². The second-order valence-corrected chi connectivity index (χ2v) is 10.7. The second-order valence-electron chi connectivity index (χ2n) is 10.7. The fourth-order valence-corrected chi connectivity index (χ4v) is 7.63. The van der Waals surface area contributed by atoms with Crippen molar-refractivity contribution in [3.8, 4) is 0 Å². The normalized spacial score (nSPS) is 45.4. The molecule has 3 N–H and O–H groups in total. The van der Waals surface area contributed by atoms with Crippen molar-refractivity contribution in [3.05, 3.63) is 22.4 Å². The van der Waals surface area contributed by atoms with Crippen molar-refractivity contribution in [1.29, 1.82) is 0 Å². The van der Waals surface area contributed by atoms with E-state index in [9.17, 15) is 28.2 Å². The number of alkyl halides is 3. The van der Waals surface area contributed by atoms with Crippen molar-refractivity contribution < 1.29 is 28.2 Å².